The van der Waals surface area contributed by atoms with Gasteiger partial charge >= 0.3 is 5.97 Å². The van der Waals surface area contributed by atoms with Crippen molar-refractivity contribution in [3.8, 4) is 0 Å². The van der Waals surface area contributed by atoms with Crippen molar-refractivity contribution in [2.45, 2.75) is 36.7 Å². The summed E-state index contributed by atoms with van der Waals surface area (Å²) in [6.07, 6.45) is 0.388. The maximum atomic E-state index is 13.1. The van der Waals surface area contributed by atoms with Crippen molar-refractivity contribution in [1.29, 1.82) is 0 Å². The van der Waals surface area contributed by atoms with Gasteiger partial charge in [0.2, 0.25) is 0 Å². The first-order valence-electron chi connectivity index (χ1n) is 7.50. The number of benzene rings is 1. The summed E-state index contributed by atoms with van der Waals surface area (Å²) in [5.74, 6) is -1.26. The highest BCUT2D eigenvalue weighted by molar-refractivity contribution is 6.53. The zero-order valence-corrected chi connectivity index (χ0v) is 14.7. The molecule has 0 aliphatic carbocycles. The highest BCUT2D eigenvalue weighted by Crippen LogP contribution is 2.19. The van der Waals surface area contributed by atoms with E-state index in [0.29, 0.717) is 17.7 Å². The summed E-state index contributed by atoms with van der Waals surface area (Å²) >= 11 is 10.8. The fourth-order valence-electron chi connectivity index (χ4n) is 1.89. The summed E-state index contributed by atoms with van der Waals surface area (Å²) in [6, 6.07) is 4.68. The van der Waals surface area contributed by atoms with Crippen LogP contribution in [0, 0.1) is 0 Å². The molecule has 0 saturated heterocycles. The molecule has 0 aromatic heterocycles. The Hall–Kier alpha value is -1.37. The zero-order chi connectivity index (χ0) is 18.1. The van der Waals surface area contributed by atoms with E-state index in [0.717, 1.165) is 12.8 Å². The number of nitrogens with one attached hydrogen (secondary N) is 1. The van der Waals surface area contributed by atoms with Crippen molar-refractivity contribution in [1.82, 2.24) is 5.32 Å². The molecule has 0 fully saturated rings. The number of alkyl halides is 3. The van der Waals surface area contributed by atoms with Gasteiger partial charge in [0.1, 0.15) is 12.8 Å². The molecule has 1 rings (SSSR count). The topological polar surface area (TPSA) is 75.6 Å². The van der Waals surface area contributed by atoms with Gasteiger partial charge in [-0.15, -0.1) is 0 Å². The molecule has 134 valence electrons. The van der Waals surface area contributed by atoms with Gasteiger partial charge in [-0.2, -0.15) is 0 Å². The predicted molar refractivity (Wildman–Crippen MR) is 90.0 cm³/mol. The number of amides is 1. The third-order valence-electron chi connectivity index (χ3n) is 3.29. The molecule has 0 saturated carbocycles. The minimum Gasteiger partial charge on any atom is -0.462 e. The molecule has 0 radical (unpaired) electrons. The molecule has 1 aromatic rings. The van der Waals surface area contributed by atoms with E-state index in [1.54, 1.807) is 0 Å². The molecule has 0 aliphatic rings. The van der Waals surface area contributed by atoms with Gasteiger partial charge in [-0.25, -0.2) is 9.18 Å². The second-order valence-corrected chi connectivity index (χ2v) is 6.22. The molecule has 8 heteroatoms. The number of esters is 1. The Morgan fingerprint density at radius 2 is 1.92 bits per heavy atom. The number of ether oxygens (including phenoxy) is 1. The first-order valence-corrected chi connectivity index (χ1v) is 8.37. The molecule has 24 heavy (non-hydrogen) atoms. The van der Waals surface area contributed by atoms with Crippen LogP contribution in [-0.4, -0.2) is 41.1 Å². The van der Waals surface area contributed by atoms with Gasteiger partial charge in [0.25, 0.3) is 5.91 Å². The van der Waals surface area contributed by atoms with Crippen molar-refractivity contribution >= 4 is 35.1 Å². The van der Waals surface area contributed by atoms with Crippen molar-refractivity contribution in [3.05, 3.63) is 35.4 Å². The van der Waals surface area contributed by atoms with Crippen LogP contribution in [0.25, 0.3) is 0 Å². The summed E-state index contributed by atoms with van der Waals surface area (Å²) in [4.78, 5) is 21.8. The summed E-state index contributed by atoms with van der Waals surface area (Å²) in [7, 11) is 0. The van der Waals surface area contributed by atoms with Crippen LogP contribution in [0.2, 0.25) is 0 Å². The second kappa shape index (κ2) is 10.5. The average Bonchev–Trinajstić information content (AvgIpc) is 2.59. The van der Waals surface area contributed by atoms with Gasteiger partial charge in [-0.05, 0) is 24.1 Å². The number of halogens is 3. The largest absolute Gasteiger partial charge is 0.462 e. The number of aliphatic hydroxyl groups excluding tert-OH is 1. The maximum absolute atomic E-state index is 13.1. The highest BCUT2D eigenvalue weighted by Gasteiger charge is 2.25. The molecule has 1 aromatic carbocycles. The van der Waals surface area contributed by atoms with Crippen LogP contribution in [0.15, 0.2) is 24.3 Å². The number of carbonyl (C=O) groups is 2. The highest BCUT2D eigenvalue weighted by atomic mass is 35.5. The summed E-state index contributed by atoms with van der Waals surface area (Å²) in [5, 5.41) is 12.4. The molecule has 2 N–H and O–H groups in total. The minimum absolute atomic E-state index is 0.324. The lowest BCUT2D eigenvalue weighted by Crippen LogP contribution is -2.43. The van der Waals surface area contributed by atoms with Crippen LogP contribution >= 0.6 is 23.2 Å². The number of unbranched alkanes of at least 4 members (excludes halogenated alkanes) is 1. The number of carbonyl (C=O) groups excluding carboxylic acids is 2. The summed E-state index contributed by atoms with van der Waals surface area (Å²) in [6.45, 7) is 1.32. The van der Waals surface area contributed by atoms with Gasteiger partial charge in [0.15, 0.2) is 4.84 Å². The van der Waals surface area contributed by atoms with Crippen molar-refractivity contribution < 1.29 is 23.8 Å². The van der Waals surface area contributed by atoms with E-state index in [1.165, 1.54) is 24.3 Å². The van der Waals surface area contributed by atoms with Crippen molar-refractivity contribution in [2.75, 3.05) is 13.3 Å². The molecule has 1 amide bonds. The smallest absolute Gasteiger partial charge is 0.338 e. The molecule has 0 heterocycles. The zero-order valence-electron chi connectivity index (χ0n) is 13.2. The Morgan fingerprint density at radius 3 is 2.42 bits per heavy atom. The molecule has 5 nitrogen and oxygen atoms in total. The van der Waals surface area contributed by atoms with Gasteiger partial charge < -0.3 is 15.2 Å². The van der Waals surface area contributed by atoms with E-state index in [-0.39, 0.29) is 0 Å². The fraction of sp³-hybridized carbons (Fsp3) is 0.500. The minimum atomic E-state index is -1.36. The Kier molecular flexibility index (Phi) is 9.03. The Balaban J connectivity index is 2.72. The van der Waals surface area contributed by atoms with Crippen molar-refractivity contribution in [3.63, 3.8) is 0 Å². The monoisotopic (exact) mass is 379 g/mol. The van der Waals surface area contributed by atoms with Gasteiger partial charge in [-0.1, -0.05) is 48.7 Å². The lowest BCUT2D eigenvalue weighted by molar-refractivity contribution is -0.121. The van der Waals surface area contributed by atoms with E-state index in [4.69, 9.17) is 27.9 Å². The van der Waals surface area contributed by atoms with Gasteiger partial charge in [0.05, 0.1) is 18.2 Å². The molecule has 0 spiro atoms. The lowest BCUT2D eigenvalue weighted by atomic mass is 10.0. The molecule has 0 bridgehead atoms. The van der Waals surface area contributed by atoms with E-state index in [9.17, 15) is 19.1 Å². The van der Waals surface area contributed by atoms with E-state index in [1.807, 2.05) is 6.92 Å². The number of hydrogen-bond donors (Lipinski definition) is 2. The normalized spacial score (nSPS) is 13.4. The first kappa shape index (κ1) is 20.7. The Labute approximate surface area is 150 Å². The van der Waals surface area contributed by atoms with Crippen LogP contribution in [0.1, 0.15) is 41.8 Å². The predicted octanol–water partition coefficient (Wildman–Crippen LogP) is 2.93. The number of rotatable bonds is 9. The van der Waals surface area contributed by atoms with E-state index >= 15 is 0 Å². The molecule has 2 unspecified atom stereocenters. The average molecular weight is 380 g/mol. The standard InChI is InChI=1S/C16H20Cl2FNO4/c1-2-3-8-24-16(23)11-6-4-10(5-7-11)13(21)12(9-19)20-15(22)14(17)18/h4-7,12-14,21H,2-3,8-9H2,1H3,(H,20,22). The molecular formula is C16H20Cl2FNO4. The third kappa shape index (κ3) is 6.26. The number of hydrogen-bond acceptors (Lipinski definition) is 4. The first-order chi connectivity index (χ1) is 11.4. The Bertz CT molecular complexity index is 539. The lowest BCUT2D eigenvalue weighted by Gasteiger charge is -2.22. The Morgan fingerprint density at radius 1 is 1.29 bits per heavy atom. The molecular weight excluding hydrogens is 360 g/mol. The summed E-state index contributed by atoms with van der Waals surface area (Å²) < 4.78 is 18.1. The van der Waals surface area contributed by atoms with E-state index < -0.39 is 35.5 Å². The summed E-state index contributed by atoms with van der Waals surface area (Å²) in [5.41, 5.74) is 0.660. The third-order valence-corrected chi connectivity index (χ3v) is 3.69. The number of aliphatic hydroxyl groups is 1. The van der Waals surface area contributed by atoms with Crippen LogP contribution in [0.3, 0.4) is 0 Å². The van der Waals surface area contributed by atoms with Gasteiger partial charge in [-0.3, -0.25) is 4.79 Å². The second-order valence-electron chi connectivity index (χ2n) is 5.13. The molecule has 0 aliphatic heterocycles. The quantitative estimate of drug-likeness (QED) is 0.393. The van der Waals surface area contributed by atoms with Crippen LogP contribution in [0.5, 0.6) is 0 Å². The van der Waals surface area contributed by atoms with Crippen LogP contribution in [-0.2, 0) is 9.53 Å². The SMILES string of the molecule is CCCCOC(=O)c1ccc(C(O)C(CF)NC(=O)C(Cl)Cl)cc1. The fourth-order valence-corrected chi connectivity index (χ4v) is 2.01. The van der Waals surface area contributed by atoms with Crippen LogP contribution in [0.4, 0.5) is 4.39 Å². The molecule has 2 atom stereocenters. The van der Waals surface area contributed by atoms with E-state index in [2.05, 4.69) is 5.32 Å². The maximum Gasteiger partial charge on any atom is 0.338 e. The van der Waals surface area contributed by atoms with Crippen molar-refractivity contribution in [2.24, 2.45) is 0 Å². The van der Waals surface area contributed by atoms with Gasteiger partial charge in [0, 0.05) is 0 Å². The van der Waals surface area contributed by atoms with Crippen LogP contribution < -0.4 is 5.32 Å².